The lowest BCUT2D eigenvalue weighted by Crippen LogP contribution is -1.96. The van der Waals surface area contributed by atoms with Gasteiger partial charge in [-0.2, -0.15) is 0 Å². The van der Waals surface area contributed by atoms with Crippen molar-refractivity contribution in [2.75, 3.05) is 0 Å². The first-order chi connectivity index (χ1) is 5.68. The molecular weight excluding hydrogens is 144 g/mol. The molecule has 0 aromatic rings. The van der Waals surface area contributed by atoms with Gasteiger partial charge in [-0.3, -0.25) is 0 Å². The van der Waals surface area contributed by atoms with E-state index in [1.807, 2.05) is 0 Å². The molecule has 0 heteroatoms. The van der Waals surface area contributed by atoms with Crippen molar-refractivity contribution in [1.29, 1.82) is 0 Å². The van der Waals surface area contributed by atoms with Gasteiger partial charge in [-0.25, -0.2) is 0 Å². The van der Waals surface area contributed by atoms with Crippen molar-refractivity contribution < 1.29 is 0 Å². The highest BCUT2D eigenvalue weighted by Gasteiger charge is 2.00. The van der Waals surface area contributed by atoms with E-state index in [-0.39, 0.29) is 0 Å². The topological polar surface area (TPSA) is 0 Å². The molecule has 0 nitrogen and oxygen atoms in total. The largest absolute Gasteiger partial charge is 0.0846 e. The number of rotatable bonds is 5. The molecule has 0 aromatic heterocycles. The summed E-state index contributed by atoms with van der Waals surface area (Å²) in [6, 6.07) is 0. The predicted molar refractivity (Wildman–Crippen MR) is 56.9 cm³/mol. The minimum absolute atomic E-state index is 0.608. The number of hydrogen-bond donors (Lipinski definition) is 0. The van der Waals surface area contributed by atoms with Crippen LogP contribution < -0.4 is 0 Å². The average Bonchev–Trinajstić information content (AvgIpc) is 2.03. The van der Waals surface area contributed by atoms with E-state index < -0.39 is 0 Å². The summed E-state index contributed by atoms with van der Waals surface area (Å²) in [6.45, 7) is 8.76. The molecule has 1 atom stereocenters. The minimum atomic E-state index is 0.608. The maximum Gasteiger partial charge on any atom is -0.0202 e. The lowest BCUT2D eigenvalue weighted by Gasteiger charge is -2.07. The molecule has 0 saturated heterocycles. The molecule has 0 aliphatic carbocycles. The second-order valence-electron chi connectivity index (χ2n) is 3.47. The smallest absolute Gasteiger partial charge is 0.0202 e. The van der Waals surface area contributed by atoms with Crippen molar-refractivity contribution in [2.24, 2.45) is 5.92 Å². The predicted octanol–water partition coefficient (Wildman–Crippen LogP) is 4.15. The summed E-state index contributed by atoms with van der Waals surface area (Å²) in [5.74, 6) is 2.08. The monoisotopic (exact) mass is 165 g/mol. The molecule has 0 fully saturated rings. The van der Waals surface area contributed by atoms with Gasteiger partial charge < -0.3 is 0 Å². The zero-order chi connectivity index (χ0) is 9.40. The molecule has 0 saturated carbocycles. The van der Waals surface area contributed by atoms with Gasteiger partial charge in [0.1, 0.15) is 0 Å². The van der Waals surface area contributed by atoms with E-state index in [1.54, 1.807) is 0 Å². The van der Waals surface area contributed by atoms with E-state index >= 15 is 0 Å². The molecule has 0 amide bonds. The Kier molecular flexibility index (Phi) is 6.84. The van der Waals surface area contributed by atoms with Gasteiger partial charge in [-0.15, -0.1) is 0 Å². The summed E-state index contributed by atoms with van der Waals surface area (Å²) in [4.78, 5) is 0. The standard InChI is InChI=1S/C12H21/c1-5-6-7-8-9-10-12(4)11(2)3/h7-10,12H,5-6H2,1-4H3. The van der Waals surface area contributed by atoms with Crippen LogP contribution in [0.5, 0.6) is 0 Å². The van der Waals surface area contributed by atoms with Crippen LogP contribution in [0, 0.1) is 11.8 Å². The van der Waals surface area contributed by atoms with Crippen molar-refractivity contribution in [3.8, 4) is 0 Å². The summed E-state index contributed by atoms with van der Waals surface area (Å²) in [6.07, 6.45) is 11.2. The highest BCUT2D eigenvalue weighted by molar-refractivity contribution is 5.07. The Balaban J connectivity index is 3.60. The van der Waals surface area contributed by atoms with Crippen LogP contribution in [0.25, 0.3) is 0 Å². The third kappa shape index (κ3) is 6.21. The van der Waals surface area contributed by atoms with Crippen LogP contribution in [0.15, 0.2) is 24.3 Å². The molecular formula is C12H21. The Morgan fingerprint density at radius 1 is 1.25 bits per heavy atom. The Bertz CT molecular complexity index is 140. The molecule has 0 heterocycles. The van der Waals surface area contributed by atoms with Gasteiger partial charge in [-0.05, 0) is 18.3 Å². The second-order valence-corrected chi connectivity index (χ2v) is 3.47. The van der Waals surface area contributed by atoms with Gasteiger partial charge in [0.15, 0.2) is 0 Å². The van der Waals surface area contributed by atoms with E-state index in [1.165, 1.54) is 18.8 Å². The summed E-state index contributed by atoms with van der Waals surface area (Å²) < 4.78 is 0. The minimum Gasteiger partial charge on any atom is -0.0846 e. The lowest BCUT2D eigenvalue weighted by atomic mass is 9.98. The van der Waals surface area contributed by atoms with Crippen LogP contribution >= 0.6 is 0 Å². The Morgan fingerprint density at radius 3 is 2.42 bits per heavy atom. The van der Waals surface area contributed by atoms with Crippen LogP contribution in [0.1, 0.15) is 40.5 Å². The van der Waals surface area contributed by atoms with Crippen molar-refractivity contribution in [1.82, 2.24) is 0 Å². The van der Waals surface area contributed by atoms with Crippen molar-refractivity contribution >= 4 is 0 Å². The Morgan fingerprint density at radius 2 is 1.92 bits per heavy atom. The molecule has 0 bridgehead atoms. The quantitative estimate of drug-likeness (QED) is 0.537. The van der Waals surface area contributed by atoms with Crippen LogP contribution in [-0.4, -0.2) is 0 Å². The van der Waals surface area contributed by atoms with E-state index in [9.17, 15) is 0 Å². The van der Waals surface area contributed by atoms with E-state index in [0.29, 0.717) is 5.92 Å². The molecule has 0 N–H and O–H groups in total. The third-order valence-corrected chi connectivity index (χ3v) is 2.01. The highest BCUT2D eigenvalue weighted by Crippen LogP contribution is 2.12. The van der Waals surface area contributed by atoms with Crippen LogP contribution in [0.3, 0.4) is 0 Å². The summed E-state index contributed by atoms with van der Waals surface area (Å²) in [7, 11) is 0. The van der Waals surface area contributed by atoms with Gasteiger partial charge in [0.2, 0.25) is 0 Å². The Hall–Kier alpha value is -0.520. The first-order valence-corrected chi connectivity index (χ1v) is 4.81. The van der Waals surface area contributed by atoms with Crippen molar-refractivity contribution in [2.45, 2.75) is 40.5 Å². The van der Waals surface area contributed by atoms with Crippen molar-refractivity contribution in [3.63, 3.8) is 0 Å². The molecule has 1 unspecified atom stereocenters. The Labute approximate surface area is 77.4 Å². The molecule has 69 valence electrons. The number of hydrogen-bond acceptors (Lipinski definition) is 0. The highest BCUT2D eigenvalue weighted by atomic mass is 14.1. The van der Waals surface area contributed by atoms with E-state index in [4.69, 9.17) is 0 Å². The first kappa shape index (κ1) is 11.5. The molecule has 0 aliphatic heterocycles. The zero-order valence-corrected chi connectivity index (χ0v) is 8.80. The van der Waals surface area contributed by atoms with Gasteiger partial charge in [0.25, 0.3) is 0 Å². The molecule has 12 heavy (non-hydrogen) atoms. The maximum absolute atomic E-state index is 2.24. The van der Waals surface area contributed by atoms with Gasteiger partial charge in [0.05, 0.1) is 0 Å². The van der Waals surface area contributed by atoms with E-state index in [2.05, 4.69) is 52.0 Å². The maximum atomic E-state index is 2.24. The van der Waals surface area contributed by atoms with Gasteiger partial charge >= 0.3 is 0 Å². The fourth-order valence-electron chi connectivity index (χ4n) is 0.765. The van der Waals surface area contributed by atoms with Crippen molar-refractivity contribution in [3.05, 3.63) is 30.2 Å². The molecule has 0 aliphatic rings. The normalized spacial score (nSPS) is 15.1. The summed E-state index contributed by atoms with van der Waals surface area (Å²) in [5, 5.41) is 0. The zero-order valence-electron chi connectivity index (χ0n) is 8.80. The third-order valence-electron chi connectivity index (χ3n) is 2.01. The second kappa shape index (κ2) is 7.15. The number of allylic oxidation sites excluding steroid dienone is 4. The summed E-state index contributed by atoms with van der Waals surface area (Å²) in [5.41, 5.74) is 0. The molecule has 0 aromatic carbocycles. The van der Waals surface area contributed by atoms with Crippen LogP contribution in [0.4, 0.5) is 0 Å². The lowest BCUT2D eigenvalue weighted by molar-refractivity contribution is 0.743. The molecule has 0 rings (SSSR count). The van der Waals surface area contributed by atoms with Gasteiger partial charge in [-0.1, -0.05) is 58.4 Å². The molecule has 1 radical (unpaired) electrons. The van der Waals surface area contributed by atoms with E-state index in [0.717, 1.165) is 0 Å². The molecule has 0 spiro atoms. The average molecular weight is 165 g/mol. The fourth-order valence-corrected chi connectivity index (χ4v) is 0.765. The number of unbranched alkanes of at least 4 members (excludes halogenated alkanes) is 1. The first-order valence-electron chi connectivity index (χ1n) is 4.81. The van der Waals surface area contributed by atoms with Crippen LogP contribution in [0.2, 0.25) is 0 Å². The summed E-state index contributed by atoms with van der Waals surface area (Å²) >= 11 is 0. The van der Waals surface area contributed by atoms with Gasteiger partial charge in [0, 0.05) is 0 Å². The fraction of sp³-hybridized carbons (Fsp3) is 0.583. The SMILES string of the molecule is CCCC=CC=CC(C)[C](C)C. The van der Waals surface area contributed by atoms with Crippen LogP contribution in [-0.2, 0) is 0 Å².